The summed E-state index contributed by atoms with van der Waals surface area (Å²) in [6.07, 6.45) is 0. The lowest BCUT2D eigenvalue weighted by Crippen LogP contribution is -2.55. The molecule has 0 aromatic rings. The monoisotopic (exact) mass is 272 g/mol. The predicted molar refractivity (Wildman–Crippen MR) is 75.8 cm³/mol. The summed E-state index contributed by atoms with van der Waals surface area (Å²) in [5.41, 5.74) is -0.266. The minimum absolute atomic E-state index is 0.0301. The van der Waals surface area contributed by atoms with Crippen LogP contribution >= 0.6 is 11.8 Å². The van der Waals surface area contributed by atoms with Crippen LogP contribution in [0.4, 0.5) is 0 Å². The first-order valence-electron chi connectivity index (χ1n) is 6.39. The van der Waals surface area contributed by atoms with E-state index in [1.54, 1.807) is 23.7 Å². The van der Waals surface area contributed by atoms with Crippen molar-refractivity contribution < 1.29 is 9.59 Å². The van der Waals surface area contributed by atoms with Gasteiger partial charge in [0.25, 0.3) is 0 Å². The SMILES string of the molecule is CNC1CSCC(C)(C)N(CC(=O)C(C)C)C1=O. The zero-order chi connectivity index (χ0) is 13.9. The normalized spacial score (nSPS) is 24.2. The minimum Gasteiger partial charge on any atom is -0.328 e. The quantitative estimate of drug-likeness (QED) is 0.834. The maximum Gasteiger partial charge on any atom is 0.241 e. The highest BCUT2D eigenvalue weighted by Gasteiger charge is 2.38. The molecule has 104 valence electrons. The van der Waals surface area contributed by atoms with Crippen molar-refractivity contribution in [3.05, 3.63) is 0 Å². The van der Waals surface area contributed by atoms with E-state index >= 15 is 0 Å². The van der Waals surface area contributed by atoms with Crippen LogP contribution in [0.25, 0.3) is 0 Å². The Morgan fingerprint density at radius 1 is 1.56 bits per heavy atom. The predicted octanol–water partition coefficient (Wildman–Crippen LogP) is 1.15. The zero-order valence-corrected chi connectivity index (χ0v) is 12.8. The van der Waals surface area contributed by atoms with Crippen molar-refractivity contribution in [2.75, 3.05) is 25.1 Å². The lowest BCUT2D eigenvalue weighted by molar-refractivity contribution is -0.141. The first-order valence-corrected chi connectivity index (χ1v) is 7.54. The number of Topliss-reactive ketones (excluding diaryl/α,β-unsaturated/α-hetero) is 1. The van der Waals surface area contributed by atoms with Gasteiger partial charge < -0.3 is 10.2 Å². The molecule has 0 spiro atoms. The second kappa shape index (κ2) is 6.06. The smallest absolute Gasteiger partial charge is 0.241 e. The molecule has 5 heteroatoms. The van der Waals surface area contributed by atoms with Crippen molar-refractivity contribution in [2.24, 2.45) is 5.92 Å². The number of carbonyl (C=O) groups excluding carboxylic acids is 2. The minimum atomic E-state index is -0.266. The molecular formula is C13H24N2O2S. The van der Waals surface area contributed by atoms with Crippen molar-refractivity contribution in [1.82, 2.24) is 10.2 Å². The number of thioether (sulfide) groups is 1. The molecule has 18 heavy (non-hydrogen) atoms. The van der Waals surface area contributed by atoms with Gasteiger partial charge in [-0.1, -0.05) is 13.8 Å². The van der Waals surface area contributed by atoms with E-state index in [1.807, 2.05) is 27.7 Å². The third-order valence-corrected chi connectivity index (χ3v) is 4.82. The first-order chi connectivity index (χ1) is 8.29. The van der Waals surface area contributed by atoms with E-state index in [9.17, 15) is 9.59 Å². The summed E-state index contributed by atoms with van der Waals surface area (Å²) in [6.45, 7) is 8.04. The van der Waals surface area contributed by atoms with E-state index in [0.29, 0.717) is 0 Å². The Morgan fingerprint density at radius 3 is 2.67 bits per heavy atom. The van der Waals surface area contributed by atoms with Gasteiger partial charge in [-0.15, -0.1) is 0 Å². The average molecular weight is 272 g/mol. The fraction of sp³-hybridized carbons (Fsp3) is 0.846. The Bertz CT molecular complexity index is 329. The molecule has 1 fully saturated rings. The van der Waals surface area contributed by atoms with Gasteiger partial charge in [-0.05, 0) is 20.9 Å². The van der Waals surface area contributed by atoms with E-state index in [4.69, 9.17) is 0 Å². The van der Waals surface area contributed by atoms with Crippen LogP contribution < -0.4 is 5.32 Å². The maximum absolute atomic E-state index is 12.4. The van der Waals surface area contributed by atoms with Gasteiger partial charge in [-0.2, -0.15) is 11.8 Å². The van der Waals surface area contributed by atoms with Gasteiger partial charge in [0.2, 0.25) is 5.91 Å². The summed E-state index contributed by atoms with van der Waals surface area (Å²) in [6, 6.07) is -0.184. The molecule has 1 N–H and O–H groups in total. The molecule has 1 unspecified atom stereocenters. The zero-order valence-electron chi connectivity index (χ0n) is 11.9. The van der Waals surface area contributed by atoms with Crippen molar-refractivity contribution in [2.45, 2.75) is 39.3 Å². The van der Waals surface area contributed by atoms with Gasteiger partial charge in [-0.3, -0.25) is 9.59 Å². The Labute approximate surface area is 114 Å². The van der Waals surface area contributed by atoms with E-state index < -0.39 is 0 Å². The summed E-state index contributed by atoms with van der Waals surface area (Å²) in [5.74, 6) is 1.77. The molecule has 1 rings (SSSR count). The highest BCUT2D eigenvalue weighted by molar-refractivity contribution is 7.99. The lowest BCUT2D eigenvalue weighted by atomic mass is 10.0. The fourth-order valence-electron chi connectivity index (χ4n) is 1.90. The van der Waals surface area contributed by atoms with E-state index in [0.717, 1.165) is 11.5 Å². The summed E-state index contributed by atoms with van der Waals surface area (Å²) in [5, 5.41) is 3.04. The van der Waals surface area contributed by atoms with Crippen LogP contribution in [0, 0.1) is 5.92 Å². The number of rotatable bonds is 4. The molecule has 0 aromatic heterocycles. The number of nitrogens with one attached hydrogen (secondary N) is 1. The van der Waals surface area contributed by atoms with Gasteiger partial charge in [0.05, 0.1) is 12.6 Å². The van der Waals surface area contributed by atoms with Gasteiger partial charge in [0, 0.05) is 23.0 Å². The Hall–Kier alpha value is -0.550. The molecule has 1 aliphatic rings. The first kappa shape index (κ1) is 15.5. The highest BCUT2D eigenvalue weighted by atomic mass is 32.2. The van der Waals surface area contributed by atoms with Gasteiger partial charge in [-0.25, -0.2) is 0 Å². The molecule has 1 heterocycles. The number of carbonyl (C=O) groups is 2. The highest BCUT2D eigenvalue weighted by Crippen LogP contribution is 2.26. The average Bonchev–Trinajstić information content (AvgIpc) is 2.39. The van der Waals surface area contributed by atoms with Crippen molar-refractivity contribution in [3.8, 4) is 0 Å². The third kappa shape index (κ3) is 3.48. The number of hydrogen-bond donors (Lipinski definition) is 1. The van der Waals surface area contributed by atoms with Gasteiger partial charge in [0.1, 0.15) is 0 Å². The van der Waals surface area contributed by atoms with Crippen molar-refractivity contribution in [1.29, 1.82) is 0 Å². The molecule has 0 aliphatic carbocycles. The second-order valence-electron chi connectivity index (χ2n) is 5.71. The van der Waals surface area contributed by atoms with Crippen LogP contribution in [0.5, 0.6) is 0 Å². The van der Waals surface area contributed by atoms with Crippen LogP contribution in [0.2, 0.25) is 0 Å². The Kier molecular flexibility index (Phi) is 5.22. The topological polar surface area (TPSA) is 49.4 Å². The standard InChI is InChI=1S/C13H24N2O2S/c1-9(2)11(16)6-15-12(17)10(14-5)7-18-8-13(15,3)4/h9-10,14H,6-8H2,1-5H3. The van der Waals surface area contributed by atoms with Gasteiger partial charge >= 0.3 is 0 Å². The number of hydrogen-bond acceptors (Lipinski definition) is 4. The molecule has 1 saturated heterocycles. The molecule has 0 radical (unpaired) electrons. The molecule has 0 saturated carbocycles. The summed E-state index contributed by atoms with van der Waals surface area (Å²) in [7, 11) is 1.80. The molecule has 1 aliphatic heterocycles. The summed E-state index contributed by atoms with van der Waals surface area (Å²) in [4.78, 5) is 26.1. The maximum atomic E-state index is 12.4. The van der Waals surface area contributed by atoms with Crippen molar-refractivity contribution in [3.63, 3.8) is 0 Å². The molecule has 0 aromatic carbocycles. The van der Waals surface area contributed by atoms with E-state index in [-0.39, 0.29) is 35.7 Å². The number of amides is 1. The molecule has 1 amide bonds. The largest absolute Gasteiger partial charge is 0.328 e. The molecular weight excluding hydrogens is 248 g/mol. The molecule has 4 nitrogen and oxygen atoms in total. The lowest BCUT2D eigenvalue weighted by Gasteiger charge is -2.37. The van der Waals surface area contributed by atoms with Crippen LogP contribution in [0.15, 0.2) is 0 Å². The third-order valence-electron chi connectivity index (χ3n) is 3.34. The van der Waals surface area contributed by atoms with E-state index in [1.165, 1.54) is 0 Å². The van der Waals surface area contributed by atoms with Crippen LogP contribution in [-0.4, -0.2) is 53.3 Å². The Balaban J connectivity index is 2.92. The van der Waals surface area contributed by atoms with Crippen molar-refractivity contribution >= 4 is 23.5 Å². The molecule has 1 atom stereocenters. The van der Waals surface area contributed by atoms with Gasteiger partial charge in [0.15, 0.2) is 5.78 Å². The number of likely N-dealkylation sites (N-methyl/N-ethyl adjacent to an activating group) is 1. The summed E-state index contributed by atoms with van der Waals surface area (Å²) < 4.78 is 0. The fourth-order valence-corrected chi connectivity index (χ4v) is 3.22. The second-order valence-corrected chi connectivity index (χ2v) is 6.74. The number of nitrogens with zero attached hydrogens (tertiary/aromatic N) is 1. The number of ketones is 1. The summed E-state index contributed by atoms with van der Waals surface area (Å²) >= 11 is 1.76. The molecule has 0 bridgehead atoms. The van der Waals surface area contributed by atoms with E-state index in [2.05, 4.69) is 5.32 Å². The van der Waals surface area contributed by atoms with Crippen LogP contribution in [0.1, 0.15) is 27.7 Å². The van der Waals surface area contributed by atoms with Crippen LogP contribution in [-0.2, 0) is 9.59 Å². The Morgan fingerprint density at radius 2 is 2.17 bits per heavy atom. The van der Waals surface area contributed by atoms with Crippen LogP contribution in [0.3, 0.4) is 0 Å².